The quantitative estimate of drug-likeness (QED) is 0.0633. The molecule has 418 valence electrons. The zero-order valence-corrected chi connectivity index (χ0v) is 49.1. The van der Waals surface area contributed by atoms with Crippen LogP contribution >= 0.6 is 0 Å². The number of nitrogens with zero attached hydrogens (tertiary/aromatic N) is 4. The summed E-state index contributed by atoms with van der Waals surface area (Å²) in [5.74, 6) is 0. The first-order valence-corrected chi connectivity index (χ1v) is 30.5. The normalized spacial score (nSPS) is 13.0. The summed E-state index contributed by atoms with van der Waals surface area (Å²) in [6.07, 6.45) is 18.4. The fraction of sp³-hybridized carbons (Fsp3) is 0.307. The average molecular weight is 1100 g/mol. The molecule has 12 aromatic rings. The molecule has 0 fully saturated rings. The molecule has 8 aromatic carbocycles. The highest BCUT2D eigenvalue weighted by molar-refractivity contribution is 6.05. The maximum absolute atomic E-state index is 14.2. The fourth-order valence-corrected chi connectivity index (χ4v) is 14.8. The topological polar surface area (TPSA) is 88.0 Å². The molecule has 1 aliphatic carbocycles. The van der Waals surface area contributed by atoms with Crippen LogP contribution in [0, 0.1) is 13.8 Å². The summed E-state index contributed by atoms with van der Waals surface area (Å²) < 4.78 is 8.20. The van der Waals surface area contributed by atoms with Crippen molar-refractivity contribution in [2.24, 2.45) is 28.2 Å². The molecule has 0 aliphatic heterocycles. The summed E-state index contributed by atoms with van der Waals surface area (Å²) in [5, 5.41) is 5.36. The molecule has 0 bridgehead atoms. The van der Waals surface area contributed by atoms with Crippen molar-refractivity contribution in [3.05, 3.63) is 220 Å². The van der Waals surface area contributed by atoms with E-state index in [1.165, 1.54) is 109 Å². The van der Waals surface area contributed by atoms with E-state index in [2.05, 4.69) is 95.8 Å². The van der Waals surface area contributed by atoms with Gasteiger partial charge in [0.2, 0.25) is 0 Å². The number of rotatable bonds is 18. The Morgan fingerprint density at radius 3 is 1.00 bits per heavy atom. The lowest BCUT2D eigenvalue weighted by Gasteiger charge is -2.33. The molecule has 0 spiro atoms. The SMILES string of the molecule is Cc1ccc2c(c1)-c1cc(C)ccc1C2(CCCCCCCCc1ccc2c(c1)c(=O)c1cc3c(cc1n2C)c(=O)c1ccccc1n3C)CCCCCCCCc1ccc2c(c1)c(=O)c1cc3c(cc1n2C)c(=O)c1ccccc1n3C. The van der Waals surface area contributed by atoms with Gasteiger partial charge in [-0.05, 0) is 159 Å². The molecule has 0 unspecified atom stereocenters. The Kier molecular flexibility index (Phi) is 14.1. The first-order chi connectivity index (χ1) is 40.3. The van der Waals surface area contributed by atoms with Gasteiger partial charge in [0.1, 0.15) is 0 Å². The lowest BCUT2D eigenvalue weighted by atomic mass is 9.70. The molecule has 8 nitrogen and oxygen atoms in total. The number of hydrogen-bond acceptors (Lipinski definition) is 4. The highest BCUT2D eigenvalue weighted by Gasteiger charge is 2.42. The third-order valence-corrected chi connectivity index (χ3v) is 19.3. The number of fused-ring (bicyclic) bond motifs is 11. The molecule has 8 heteroatoms. The van der Waals surface area contributed by atoms with Crippen molar-refractivity contribution in [3.8, 4) is 11.1 Å². The minimum atomic E-state index is -0.00709. The summed E-state index contributed by atoms with van der Waals surface area (Å²) in [6.45, 7) is 4.45. The van der Waals surface area contributed by atoms with E-state index in [4.69, 9.17) is 0 Å². The van der Waals surface area contributed by atoms with E-state index < -0.39 is 0 Å². The molecule has 0 atom stereocenters. The number of pyridine rings is 4. The van der Waals surface area contributed by atoms with E-state index >= 15 is 0 Å². The zero-order chi connectivity index (χ0) is 57.3. The molecule has 1 aliphatic rings. The van der Waals surface area contributed by atoms with Crippen LogP contribution in [-0.4, -0.2) is 18.3 Å². The fourth-order valence-electron chi connectivity index (χ4n) is 14.8. The van der Waals surface area contributed by atoms with Gasteiger partial charge in [0.15, 0.2) is 21.7 Å². The first-order valence-electron chi connectivity index (χ1n) is 30.5. The van der Waals surface area contributed by atoms with E-state index in [1.54, 1.807) is 0 Å². The number of aromatic nitrogens is 4. The maximum Gasteiger partial charge on any atom is 0.197 e. The monoisotopic (exact) mass is 1090 g/mol. The molecule has 0 N–H and O–H groups in total. The van der Waals surface area contributed by atoms with Crippen LogP contribution in [-0.2, 0) is 46.4 Å². The van der Waals surface area contributed by atoms with Crippen LogP contribution < -0.4 is 21.7 Å². The molecule has 83 heavy (non-hydrogen) atoms. The molecule has 4 aromatic heterocycles. The largest absolute Gasteiger partial charge is 0.343 e. The van der Waals surface area contributed by atoms with Crippen molar-refractivity contribution in [3.63, 3.8) is 0 Å². The van der Waals surface area contributed by atoms with Crippen LogP contribution in [0.25, 0.3) is 98.4 Å². The summed E-state index contributed by atoms with van der Waals surface area (Å²) in [4.78, 5) is 55.7. The van der Waals surface area contributed by atoms with Crippen LogP contribution in [0.2, 0.25) is 0 Å². The number of unbranched alkanes of at least 4 members (excludes halogenated alkanes) is 10. The minimum Gasteiger partial charge on any atom is -0.343 e. The number of hydrogen-bond donors (Lipinski definition) is 0. The third kappa shape index (κ3) is 9.30. The molecule has 4 heterocycles. The van der Waals surface area contributed by atoms with Gasteiger partial charge in [0.25, 0.3) is 0 Å². The van der Waals surface area contributed by atoms with Gasteiger partial charge in [-0.25, -0.2) is 0 Å². The van der Waals surface area contributed by atoms with Gasteiger partial charge >= 0.3 is 0 Å². The van der Waals surface area contributed by atoms with Crippen molar-refractivity contribution in [2.45, 2.75) is 122 Å². The van der Waals surface area contributed by atoms with Crippen molar-refractivity contribution in [1.82, 2.24) is 18.3 Å². The van der Waals surface area contributed by atoms with E-state index in [0.717, 1.165) is 93.4 Å². The second kappa shape index (κ2) is 21.8. The Balaban J connectivity index is 0.625. The molecule has 0 radical (unpaired) electrons. The van der Waals surface area contributed by atoms with Crippen LogP contribution in [0.5, 0.6) is 0 Å². The highest BCUT2D eigenvalue weighted by atomic mass is 16.1. The highest BCUT2D eigenvalue weighted by Crippen LogP contribution is 2.54. The number of para-hydroxylation sites is 2. The predicted octanol–water partition coefficient (Wildman–Crippen LogP) is 16.5. The molecule has 0 saturated carbocycles. The summed E-state index contributed by atoms with van der Waals surface area (Å²) >= 11 is 0. The molecule has 0 saturated heterocycles. The summed E-state index contributed by atoms with van der Waals surface area (Å²) in [6, 6.07) is 50.2. The second-order valence-electron chi connectivity index (χ2n) is 24.5. The van der Waals surface area contributed by atoms with Crippen LogP contribution in [0.15, 0.2) is 165 Å². The first kappa shape index (κ1) is 53.9. The zero-order valence-electron chi connectivity index (χ0n) is 49.1. The van der Waals surface area contributed by atoms with Crippen molar-refractivity contribution < 1.29 is 0 Å². The Morgan fingerprint density at radius 2 is 0.614 bits per heavy atom. The lowest BCUT2D eigenvalue weighted by molar-refractivity contribution is 0.397. The van der Waals surface area contributed by atoms with Gasteiger partial charge < -0.3 is 18.3 Å². The van der Waals surface area contributed by atoms with Crippen LogP contribution in [0.1, 0.15) is 123 Å². The van der Waals surface area contributed by atoms with E-state index in [-0.39, 0.29) is 27.1 Å². The molecular weight excluding hydrogens is 1020 g/mol. The van der Waals surface area contributed by atoms with Gasteiger partial charge in [-0.1, -0.05) is 148 Å². The number of benzene rings is 8. The van der Waals surface area contributed by atoms with Gasteiger partial charge in [-0.3, -0.25) is 19.2 Å². The van der Waals surface area contributed by atoms with Gasteiger partial charge in [-0.15, -0.1) is 0 Å². The van der Waals surface area contributed by atoms with Crippen LogP contribution in [0.4, 0.5) is 0 Å². The summed E-state index contributed by atoms with van der Waals surface area (Å²) in [7, 11) is 7.94. The van der Waals surface area contributed by atoms with Crippen molar-refractivity contribution in [1.29, 1.82) is 0 Å². The standard InChI is InChI=1S/C75H74N4O4/c1-47-29-33-61-53(39-47)54-40-48(2)30-34-62(54)75(61,37-21-13-9-7-11-15-23-49-31-35-65-55(41-49)73(82)59-45-67-57(43-69(59)78(65)5)71(80)51-25-17-19-27-63(51)76(67)3)38-22-14-10-8-12-16-24-50-32-36-66-56(42-50)74(83)60-46-68-58(44-70(60)79(66)6)72(81)52-26-18-20-28-64(52)77(68)4/h17-20,25-36,39-46H,7-16,21-24,37-38H2,1-6H3. The molecule has 13 rings (SSSR count). The summed E-state index contributed by atoms with van der Waals surface area (Å²) in [5.41, 5.74) is 17.6. The number of aryl methyl sites for hydroxylation is 8. The predicted molar refractivity (Wildman–Crippen MR) is 348 cm³/mol. The van der Waals surface area contributed by atoms with Crippen molar-refractivity contribution >= 4 is 87.2 Å². The Labute approximate surface area is 484 Å². The Morgan fingerprint density at radius 1 is 0.301 bits per heavy atom. The van der Waals surface area contributed by atoms with E-state index in [0.29, 0.717) is 32.3 Å². The Hall–Kier alpha value is -8.36. The van der Waals surface area contributed by atoms with Gasteiger partial charge in [0.05, 0.1) is 44.1 Å². The maximum atomic E-state index is 14.2. The van der Waals surface area contributed by atoms with Crippen LogP contribution in [0.3, 0.4) is 0 Å². The van der Waals surface area contributed by atoms with E-state index in [9.17, 15) is 19.2 Å². The second-order valence-corrected chi connectivity index (χ2v) is 24.5. The molecule has 0 amide bonds. The lowest BCUT2D eigenvalue weighted by Crippen LogP contribution is -2.25. The third-order valence-electron chi connectivity index (χ3n) is 19.3. The average Bonchev–Trinajstić information content (AvgIpc) is 2.08. The van der Waals surface area contributed by atoms with Crippen molar-refractivity contribution in [2.75, 3.05) is 0 Å². The minimum absolute atomic E-state index is 0.00709. The smallest absolute Gasteiger partial charge is 0.197 e. The van der Waals surface area contributed by atoms with E-state index in [1.807, 2.05) is 110 Å². The van der Waals surface area contributed by atoms with Gasteiger partial charge in [0, 0.05) is 76.7 Å². The van der Waals surface area contributed by atoms with Gasteiger partial charge in [-0.2, -0.15) is 0 Å². The Bertz CT molecular complexity index is 4570. The molecular formula is C75H74N4O4.